The Morgan fingerprint density at radius 1 is 1.25 bits per heavy atom. The number of aliphatic imine (C=N–C) groups is 1. The summed E-state index contributed by atoms with van der Waals surface area (Å²) in [5.74, 6) is 1.76. The van der Waals surface area contributed by atoms with Crippen LogP contribution in [0.1, 0.15) is 64.1 Å². The summed E-state index contributed by atoms with van der Waals surface area (Å²) in [6.45, 7) is 12.9. The van der Waals surface area contributed by atoms with Crippen LogP contribution in [0.15, 0.2) is 29.3 Å². The summed E-state index contributed by atoms with van der Waals surface area (Å²) < 4.78 is 11.0. The predicted octanol–water partition coefficient (Wildman–Crippen LogP) is 4.54. The molecular weight excluding hydrogens is 519 g/mol. The summed E-state index contributed by atoms with van der Waals surface area (Å²) in [5.41, 5.74) is 1.73. The minimum absolute atomic E-state index is 0. The maximum absolute atomic E-state index is 12.5. The SMILES string of the molecule is CN=C(NCC(NC(=O)OC(C)(C)C)c1ccc(C(C)C)cc1)N(C)CC1CCOC1.I. The van der Waals surface area contributed by atoms with E-state index in [4.69, 9.17) is 9.47 Å². The van der Waals surface area contributed by atoms with Crippen LogP contribution in [-0.2, 0) is 9.47 Å². The summed E-state index contributed by atoms with van der Waals surface area (Å²) >= 11 is 0. The van der Waals surface area contributed by atoms with Crippen LogP contribution >= 0.6 is 24.0 Å². The van der Waals surface area contributed by atoms with Gasteiger partial charge in [0.15, 0.2) is 5.96 Å². The molecule has 7 nitrogen and oxygen atoms in total. The largest absolute Gasteiger partial charge is 0.444 e. The second-order valence-corrected chi connectivity index (χ2v) is 9.56. The molecule has 1 aliphatic heterocycles. The Kier molecular flexibility index (Phi) is 11.8. The van der Waals surface area contributed by atoms with Gasteiger partial charge in [-0.05, 0) is 44.2 Å². The van der Waals surface area contributed by atoms with Crippen LogP contribution in [-0.4, -0.2) is 63.0 Å². The highest BCUT2D eigenvalue weighted by molar-refractivity contribution is 14.0. The molecule has 0 aliphatic carbocycles. The molecule has 1 saturated heterocycles. The van der Waals surface area contributed by atoms with Gasteiger partial charge in [-0.15, -0.1) is 24.0 Å². The van der Waals surface area contributed by atoms with E-state index in [1.807, 2.05) is 27.8 Å². The van der Waals surface area contributed by atoms with Gasteiger partial charge in [0.1, 0.15) is 5.60 Å². The third-order valence-corrected chi connectivity index (χ3v) is 5.29. The molecule has 0 spiro atoms. The average molecular weight is 561 g/mol. The second-order valence-electron chi connectivity index (χ2n) is 9.56. The van der Waals surface area contributed by atoms with Crippen molar-refractivity contribution in [2.45, 2.75) is 58.6 Å². The van der Waals surface area contributed by atoms with Crippen LogP contribution in [0.5, 0.6) is 0 Å². The minimum atomic E-state index is -0.552. The van der Waals surface area contributed by atoms with Crippen LogP contribution in [0, 0.1) is 5.92 Å². The molecule has 0 bridgehead atoms. The number of rotatable bonds is 7. The minimum Gasteiger partial charge on any atom is -0.444 e. The van der Waals surface area contributed by atoms with Gasteiger partial charge >= 0.3 is 6.09 Å². The molecule has 0 aromatic heterocycles. The Bertz CT molecular complexity index is 726. The van der Waals surface area contributed by atoms with Gasteiger partial charge in [0.05, 0.1) is 12.6 Å². The number of nitrogens with zero attached hydrogens (tertiary/aromatic N) is 2. The lowest BCUT2D eigenvalue weighted by molar-refractivity contribution is 0.0504. The zero-order valence-electron chi connectivity index (χ0n) is 20.6. The molecule has 2 N–H and O–H groups in total. The van der Waals surface area contributed by atoms with E-state index < -0.39 is 11.7 Å². The molecule has 182 valence electrons. The summed E-state index contributed by atoms with van der Waals surface area (Å²) in [4.78, 5) is 19.0. The standard InChI is InChI=1S/C24H40N4O3.HI/c1-17(2)19-8-10-20(11-9-19)21(27-23(29)31-24(3,4)5)14-26-22(25-6)28(7)15-18-12-13-30-16-18;/h8-11,17-18,21H,12-16H2,1-7H3,(H,25,26)(H,27,29);1H. The number of halogens is 1. The van der Waals surface area contributed by atoms with Crippen LogP contribution in [0.3, 0.4) is 0 Å². The van der Waals surface area contributed by atoms with Crippen molar-refractivity contribution >= 4 is 36.0 Å². The fourth-order valence-corrected chi connectivity index (χ4v) is 3.59. The second kappa shape index (κ2) is 13.2. The van der Waals surface area contributed by atoms with Crippen molar-refractivity contribution in [2.75, 3.05) is 40.4 Å². The number of hydrogen-bond donors (Lipinski definition) is 2. The maximum Gasteiger partial charge on any atom is 0.408 e. The number of alkyl carbamates (subject to hydrolysis) is 1. The van der Waals surface area contributed by atoms with Crippen molar-refractivity contribution < 1.29 is 14.3 Å². The molecule has 2 rings (SSSR count). The molecule has 1 aliphatic rings. The number of amides is 1. The van der Waals surface area contributed by atoms with Crippen LogP contribution < -0.4 is 10.6 Å². The van der Waals surface area contributed by atoms with Gasteiger partial charge in [-0.2, -0.15) is 0 Å². The molecule has 32 heavy (non-hydrogen) atoms. The number of nitrogens with one attached hydrogen (secondary N) is 2. The average Bonchev–Trinajstić information content (AvgIpc) is 3.19. The highest BCUT2D eigenvalue weighted by atomic mass is 127. The Hall–Kier alpha value is -1.55. The normalized spacial score (nSPS) is 17.5. The third kappa shape index (κ3) is 9.52. The lowest BCUT2D eigenvalue weighted by Gasteiger charge is -2.28. The van der Waals surface area contributed by atoms with E-state index in [1.54, 1.807) is 7.05 Å². The number of benzene rings is 1. The van der Waals surface area contributed by atoms with Crippen molar-refractivity contribution in [3.63, 3.8) is 0 Å². The fraction of sp³-hybridized carbons (Fsp3) is 0.667. The van der Waals surface area contributed by atoms with Crippen molar-refractivity contribution in [1.82, 2.24) is 15.5 Å². The van der Waals surface area contributed by atoms with E-state index in [0.717, 1.165) is 37.7 Å². The number of guanidine groups is 1. The van der Waals surface area contributed by atoms with Gasteiger partial charge < -0.3 is 25.0 Å². The molecule has 1 aromatic carbocycles. The molecule has 1 fully saturated rings. The summed E-state index contributed by atoms with van der Waals surface area (Å²) in [6.07, 6.45) is 0.644. The monoisotopic (exact) mass is 560 g/mol. The van der Waals surface area contributed by atoms with E-state index in [2.05, 4.69) is 58.6 Å². The van der Waals surface area contributed by atoms with Crippen molar-refractivity contribution in [1.29, 1.82) is 0 Å². The van der Waals surface area contributed by atoms with E-state index >= 15 is 0 Å². The van der Waals surface area contributed by atoms with Crippen molar-refractivity contribution in [2.24, 2.45) is 10.9 Å². The molecular formula is C24H41IN4O3. The van der Waals surface area contributed by atoms with E-state index in [9.17, 15) is 4.79 Å². The zero-order valence-corrected chi connectivity index (χ0v) is 22.9. The van der Waals surface area contributed by atoms with Crippen molar-refractivity contribution in [3.05, 3.63) is 35.4 Å². The fourth-order valence-electron chi connectivity index (χ4n) is 3.59. The van der Waals surface area contributed by atoms with Gasteiger partial charge in [-0.25, -0.2) is 4.79 Å². The Labute approximate surface area is 210 Å². The number of carbonyl (C=O) groups excluding carboxylic acids is 1. The Balaban J connectivity index is 0.00000512. The molecule has 1 amide bonds. The van der Waals surface area contributed by atoms with E-state index in [1.165, 1.54) is 5.56 Å². The molecule has 0 saturated carbocycles. The highest BCUT2D eigenvalue weighted by Gasteiger charge is 2.23. The molecule has 2 unspecified atom stereocenters. The summed E-state index contributed by atoms with van der Waals surface area (Å²) in [5, 5.41) is 6.43. The van der Waals surface area contributed by atoms with Gasteiger partial charge in [0, 0.05) is 39.7 Å². The highest BCUT2D eigenvalue weighted by Crippen LogP contribution is 2.20. The number of hydrogen-bond acceptors (Lipinski definition) is 4. The maximum atomic E-state index is 12.5. The van der Waals surface area contributed by atoms with Gasteiger partial charge in [-0.1, -0.05) is 38.1 Å². The number of carbonyl (C=O) groups is 1. The van der Waals surface area contributed by atoms with Gasteiger partial charge in [0.25, 0.3) is 0 Å². The Morgan fingerprint density at radius 3 is 2.38 bits per heavy atom. The van der Waals surface area contributed by atoms with Crippen LogP contribution in [0.2, 0.25) is 0 Å². The molecule has 2 atom stereocenters. The van der Waals surface area contributed by atoms with Gasteiger partial charge in [-0.3, -0.25) is 4.99 Å². The quantitative estimate of drug-likeness (QED) is 0.291. The van der Waals surface area contributed by atoms with Crippen LogP contribution in [0.25, 0.3) is 0 Å². The number of ether oxygens (including phenoxy) is 2. The predicted molar refractivity (Wildman–Crippen MR) is 141 cm³/mol. The first kappa shape index (κ1) is 28.5. The summed E-state index contributed by atoms with van der Waals surface area (Å²) in [7, 11) is 3.80. The topological polar surface area (TPSA) is 75.2 Å². The first-order valence-electron chi connectivity index (χ1n) is 11.2. The van der Waals surface area contributed by atoms with Gasteiger partial charge in [0.2, 0.25) is 0 Å². The third-order valence-electron chi connectivity index (χ3n) is 5.29. The molecule has 1 aromatic rings. The molecule has 0 radical (unpaired) electrons. The Morgan fingerprint density at radius 2 is 1.88 bits per heavy atom. The smallest absolute Gasteiger partial charge is 0.408 e. The van der Waals surface area contributed by atoms with E-state index in [0.29, 0.717) is 18.4 Å². The van der Waals surface area contributed by atoms with E-state index in [-0.39, 0.29) is 30.0 Å². The lowest BCUT2D eigenvalue weighted by atomic mass is 9.99. The molecule has 8 heteroatoms. The first-order valence-corrected chi connectivity index (χ1v) is 11.2. The summed E-state index contributed by atoms with van der Waals surface area (Å²) in [6, 6.07) is 8.12. The molecule has 1 heterocycles. The van der Waals surface area contributed by atoms with Crippen LogP contribution in [0.4, 0.5) is 4.79 Å². The van der Waals surface area contributed by atoms with Crippen molar-refractivity contribution in [3.8, 4) is 0 Å². The lowest BCUT2D eigenvalue weighted by Crippen LogP contribution is -2.45. The first-order chi connectivity index (χ1) is 14.6. The zero-order chi connectivity index (χ0) is 23.0.